The normalized spacial score (nSPS) is 22.9. The van der Waals surface area contributed by atoms with E-state index >= 15 is 0 Å². The zero-order chi connectivity index (χ0) is 17.1. The van der Waals surface area contributed by atoms with Crippen molar-refractivity contribution in [1.29, 1.82) is 0 Å². The summed E-state index contributed by atoms with van der Waals surface area (Å²) in [4.78, 5) is 25.2. The van der Waals surface area contributed by atoms with Crippen molar-refractivity contribution < 1.29 is 14.7 Å². The second-order valence-corrected chi connectivity index (χ2v) is 7.40. The Bertz CT molecular complexity index is 612. The Morgan fingerprint density at radius 2 is 2.04 bits per heavy atom. The Kier molecular flexibility index (Phi) is 5.41. The van der Waals surface area contributed by atoms with Crippen molar-refractivity contribution >= 4 is 23.5 Å². The van der Waals surface area contributed by atoms with Gasteiger partial charge in [-0.3, -0.25) is 14.5 Å². The number of carboxylic acids is 1. The lowest BCUT2D eigenvalue weighted by Crippen LogP contribution is -2.55. The van der Waals surface area contributed by atoms with Crippen molar-refractivity contribution in [2.45, 2.75) is 44.2 Å². The van der Waals surface area contributed by atoms with E-state index in [1.165, 1.54) is 12.8 Å². The van der Waals surface area contributed by atoms with Crippen LogP contribution in [0.5, 0.6) is 0 Å². The van der Waals surface area contributed by atoms with Crippen LogP contribution in [0.1, 0.15) is 31.2 Å². The van der Waals surface area contributed by atoms with Crippen molar-refractivity contribution in [3.8, 4) is 0 Å². The fourth-order valence-corrected chi connectivity index (χ4v) is 3.48. The van der Waals surface area contributed by atoms with Crippen LogP contribution in [0.3, 0.4) is 0 Å². The maximum atomic E-state index is 12.1. The average Bonchev–Trinajstić information content (AvgIpc) is 3.25. The van der Waals surface area contributed by atoms with Crippen molar-refractivity contribution in [3.05, 3.63) is 34.9 Å². The number of nitrogens with one attached hydrogen (secondary N) is 1. The predicted octanol–water partition coefficient (Wildman–Crippen LogP) is 2.33. The molecule has 130 valence electrons. The zero-order valence-electron chi connectivity index (χ0n) is 13.6. The quantitative estimate of drug-likeness (QED) is 0.755. The van der Waals surface area contributed by atoms with Crippen molar-refractivity contribution in [3.63, 3.8) is 0 Å². The molecule has 2 aliphatic carbocycles. The summed E-state index contributed by atoms with van der Waals surface area (Å²) in [6, 6.07) is 7.74. The highest BCUT2D eigenvalue weighted by molar-refractivity contribution is 6.30. The highest BCUT2D eigenvalue weighted by Crippen LogP contribution is 2.33. The second-order valence-electron chi connectivity index (χ2n) is 6.96. The van der Waals surface area contributed by atoms with Gasteiger partial charge in [-0.05, 0) is 49.3 Å². The number of hydrogen-bond acceptors (Lipinski definition) is 3. The Morgan fingerprint density at radius 3 is 2.67 bits per heavy atom. The van der Waals surface area contributed by atoms with Crippen molar-refractivity contribution in [2.24, 2.45) is 5.92 Å². The predicted molar refractivity (Wildman–Crippen MR) is 92.0 cm³/mol. The molecule has 0 unspecified atom stereocenters. The third-order valence-electron chi connectivity index (χ3n) is 4.78. The molecule has 1 aromatic rings. The number of hydrogen-bond donors (Lipinski definition) is 2. The maximum absolute atomic E-state index is 12.1. The summed E-state index contributed by atoms with van der Waals surface area (Å²) in [6.45, 7) is 0.977. The van der Waals surface area contributed by atoms with Gasteiger partial charge in [0, 0.05) is 23.7 Å². The molecule has 0 aliphatic heterocycles. The maximum Gasteiger partial charge on any atom is 0.317 e. The number of rotatable bonds is 8. The van der Waals surface area contributed by atoms with Crippen LogP contribution < -0.4 is 5.32 Å². The minimum Gasteiger partial charge on any atom is -0.480 e. The molecule has 1 aromatic carbocycles. The molecule has 0 spiro atoms. The van der Waals surface area contributed by atoms with Crippen LogP contribution in [0, 0.1) is 5.92 Å². The lowest BCUT2D eigenvalue weighted by atomic mass is 9.85. The Labute approximate surface area is 147 Å². The monoisotopic (exact) mass is 350 g/mol. The van der Waals surface area contributed by atoms with Crippen LogP contribution >= 0.6 is 11.6 Å². The number of nitrogens with zero attached hydrogens (tertiary/aromatic N) is 1. The minimum atomic E-state index is -0.774. The summed E-state index contributed by atoms with van der Waals surface area (Å²) in [6.07, 6.45) is 4.41. The highest BCUT2D eigenvalue weighted by Gasteiger charge is 2.37. The summed E-state index contributed by atoms with van der Waals surface area (Å²) < 4.78 is 0. The molecule has 2 N–H and O–H groups in total. The van der Waals surface area contributed by atoms with Crippen molar-refractivity contribution in [1.82, 2.24) is 10.2 Å². The Balaban J connectivity index is 1.43. The number of halogens is 1. The smallest absolute Gasteiger partial charge is 0.317 e. The molecular formula is C18H23ClN2O3. The van der Waals surface area contributed by atoms with E-state index in [2.05, 4.69) is 10.2 Å². The van der Waals surface area contributed by atoms with Crippen LogP contribution in [0.15, 0.2) is 24.3 Å². The molecule has 3 rings (SSSR count). The summed E-state index contributed by atoms with van der Waals surface area (Å²) in [5.41, 5.74) is 0.900. The van der Waals surface area contributed by atoms with E-state index in [4.69, 9.17) is 16.7 Å². The van der Waals surface area contributed by atoms with Gasteiger partial charge in [0.05, 0.1) is 13.0 Å². The van der Waals surface area contributed by atoms with Crippen LogP contribution in [0.2, 0.25) is 5.02 Å². The van der Waals surface area contributed by atoms with Crippen LogP contribution in [-0.4, -0.2) is 47.1 Å². The summed E-state index contributed by atoms with van der Waals surface area (Å²) >= 11 is 5.93. The second kappa shape index (κ2) is 7.53. The van der Waals surface area contributed by atoms with Gasteiger partial charge in [-0.25, -0.2) is 0 Å². The van der Waals surface area contributed by atoms with E-state index in [1.54, 1.807) is 12.1 Å². The van der Waals surface area contributed by atoms with Gasteiger partial charge < -0.3 is 10.4 Å². The lowest BCUT2D eigenvalue weighted by Gasteiger charge is -2.42. The third kappa shape index (κ3) is 4.95. The van der Waals surface area contributed by atoms with Crippen molar-refractivity contribution in [2.75, 3.05) is 13.1 Å². The van der Waals surface area contributed by atoms with E-state index in [1.807, 2.05) is 12.1 Å². The van der Waals surface area contributed by atoms with Gasteiger partial charge in [-0.1, -0.05) is 23.7 Å². The van der Waals surface area contributed by atoms with Crippen LogP contribution in [0.25, 0.3) is 0 Å². The zero-order valence-corrected chi connectivity index (χ0v) is 14.3. The Hall–Kier alpha value is -1.59. The fourth-order valence-electron chi connectivity index (χ4n) is 3.26. The molecule has 24 heavy (non-hydrogen) atoms. The third-order valence-corrected chi connectivity index (χ3v) is 5.01. The molecule has 0 bridgehead atoms. The van der Waals surface area contributed by atoms with E-state index in [9.17, 15) is 9.59 Å². The van der Waals surface area contributed by atoms with Gasteiger partial charge in [0.15, 0.2) is 0 Å². The van der Waals surface area contributed by atoms with Gasteiger partial charge in [0.25, 0.3) is 0 Å². The molecule has 0 aromatic heterocycles. The number of aliphatic carboxylic acids is 1. The molecule has 5 nitrogen and oxygen atoms in total. The average molecular weight is 351 g/mol. The van der Waals surface area contributed by atoms with Gasteiger partial charge in [-0.15, -0.1) is 0 Å². The van der Waals surface area contributed by atoms with Crippen LogP contribution in [0.4, 0.5) is 0 Å². The standard InChI is InChI=1S/C18H23ClN2O3/c19-14-3-1-2-13(6-14)7-17(22)20-15-8-16(9-15)21(11-18(23)24)10-12-4-5-12/h1-3,6,12,15-16H,4-5,7-11H2,(H,20,22)(H,23,24). The topological polar surface area (TPSA) is 69.6 Å². The van der Waals surface area contributed by atoms with Gasteiger partial charge >= 0.3 is 5.97 Å². The van der Waals surface area contributed by atoms with E-state index in [0.717, 1.165) is 24.9 Å². The minimum absolute atomic E-state index is 0.00676. The van der Waals surface area contributed by atoms with Gasteiger partial charge in [0.2, 0.25) is 5.91 Å². The number of carbonyl (C=O) groups excluding carboxylic acids is 1. The van der Waals surface area contributed by atoms with Gasteiger partial charge in [-0.2, -0.15) is 0 Å². The molecule has 0 radical (unpaired) electrons. The molecule has 0 heterocycles. The van der Waals surface area contributed by atoms with E-state index in [0.29, 0.717) is 17.4 Å². The first-order valence-electron chi connectivity index (χ1n) is 8.49. The molecule has 2 aliphatic rings. The lowest BCUT2D eigenvalue weighted by molar-refractivity contribution is -0.140. The summed E-state index contributed by atoms with van der Waals surface area (Å²) in [7, 11) is 0. The van der Waals surface area contributed by atoms with E-state index < -0.39 is 5.97 Å². The first kappa shape index (κ1) is 17.2. The first-order valence-corrected chi connectivity index (χ1v) is 8.87. The molecule has 2 fully saturated rings. The fraction of sp³-hybridized carbons (Fsp3) is 0.556. The Morgan fingerprint density at radius 1 is 1.29 bits per heavy atom. The van der Waals surface area contributed by atoms with Crippen LogP contribution in [-0.2, 0) is 16.0 Å². The molecule has 2 saturated carbocycles. The van der Waals surface area contributed by atoms with E-state index in [-0.39, 0.29) is 24.5 Å². The number of amides is 1. The molecule has 0 atom stereocenters. The molecule has 0 saturated heterocycles. The number of carbonyl (C=O) groups is 2. The molecule has 1 amide bonds. The number of carboxylic acid groups (broad SMARTS) is 1. The first-order chi connectivity index (χ1) is 11.5. The summed E-state index contributed by atoms with van der Waals surface area (Å²) in [5.74, 6) is -0.113. The SMILES string of the molecule is O=C(O)CN(CC1CC1)C1CC(NC(=O)Cc2cccc(Cl)c2)C1. The largest absolute Gasteiger partial charge is 0.480 e. The van der Waals surface area contributed by atoms with Gasteiger partial charge in [0.1, 0.15) is 0 Å². The molecular weight excluding hydrogens is 328 g/mol. The summed E-state index contributed by atoms with van der Waals surface area (Å²) in [5, 5.41) is 12.7. The highest BCUT2D eigenvalue weighted by atomic mass is 35.5. The number of benzene rings is 1. The molecule has 6 heteroatoms.